The maximum absolute atomic E-state index is 11.6. The highest BCUT2D eigenvalue weighted by Gasteiger charge is 2.06. The number of aromatic nitrogens is 3. The molecular weight excluding hydrogens is 240 g/mol. The van der Waals surface area contributed by atoms with Crippen molar-refractivity contribution in [3.05, 3.63) is 29.4 Å². The Balaban J connectivity index is 1.93. The molecule has 0 saturated heterocycles. The Morgan fingerprint density at radius 2 is 2.41 bits per heavy atom. The normalized spacial score (nSPS) is 9.94. The summed E-state index contributed by atoms with van der Waals surface area (Å²) in [4.78, 5) is 15.6. The van der Waals surface area contributed by atoms with Crippen molar-refractivity contribution in [1.29, 1.82) is 0 Å². The maximum atomic E-state index is 11.6. The summed E-state index contributed by atoms with van der Waals surface area (Å²) in [5.74, 6) is 0.381. The smallest absolute Gasteiger partial charge is 0.230 e. The Morgan fingerprint density at radius 1 is 1.53 bits per heavy atom. The molecule has 17 heavy (non-hydrogen) atoms. The van der Waals surface area contributed by atoms with Crippen molar-refractivity contribution in [2.24, 2.45) is 0 Å². The van der Waals surface area contributed by atoms with Gasteiger partial charge in [0.2, 0.25) is 16.9 Å². The van der Waals surface area contributed by atoms with Crippen LogP contribution in [0.1, 0.15) is 5.56 Å². The fraction of sp³-hybridized carbons (Fsp3) is 0.200. The monoisotopic (exact) mass is 250 g/mol. The molecule has 0 fully saturated rings. The average Bonchev–Trinajstić information content (AvgIpc) is 2.82. The van der Waals surface area contributed by atoms with Crippen molar-refractivity contribution in [3.63, 3.8) is 0 Å². The van der Waals surface area contributed by atoms with Crippen LogP contribution in [0.2, 0.25) is 0 Å². The molecule has 0 bridgehead atoms. The number of carbonyl (C=O) groups excluding carboxylic acids is 1. The van der Waals surface area contributed by atoms with Gasteiger partial charge in [0.05, 0.1) is 13.5 Å². The van der Waals surface area contributed by atoms with Gasteiger partial charge in [-0.05, 0) is 5.56 Å². The van der Waals surface area contributed by atoms with Gasteiger partial charge in [-0.2, -0.15) is 0 Å². The summed E-state index contributed by atoms with van der Waals surface area (Å²) in [6.07, 6.45) is 1.86. The number of pyridine rings is 1. The predicted octanol–water partition coefficient (Wildman–Crippen LogP) is 1.12. The molecule has 0 spiro atoms. The van der Waals surface area contributed by atoms with E-state index in [0.717, 1.165) is 5.56 Å². The lowest BCUT2D eigenvalue weighted by Crippen LogP contribution is -2.14. The van der Waals surface area contributed by atoms with Gasteiger partial charge < -0.3 is 10.1 Å². The number of carbonyl (C=O) groups is 1. The molecule has 0 aliphatic carbocycles. The van der Waals surface area contributed by atoms with E-state index in [2.05, 4.69) is 20.5 Å². The number of methoxy groups -OCH3 is 1. The van der Waals surface area contributed by atoms with Crippen molar-refractivity contribution in [3.8, 4) is 5.88 Å². The van der Waals surface area contributed by atoms with Gasteiger partial charge in [0.15, 0.2) is 0 Å². The fourth-order valence-electron chi connectivity index (χ4n) is 1.21. The number of amides is 1. The van der Waals surface area contributed by atoms with Crippen LogP contribution in [-0.2, 0) is 11.2 Å². The third kappa shape index (κ3) is 3.22. The summed E-state index contributed by atoms with van der Waals surface area (Å²) in [5, 5.41) is 10.5. The van der Waals surface area contributed by atoms with Gasteiger partial charge in [-0.3, -0.25) is 4.79 Å². The summed E-state index contributed by atoms with van der Waals surface area (Å²) >= 11 is 1.28. The minimum atomic E-state index is -0.145. The third-order valence-corrected chi connectivity index (χ3v) is 2.58. The summed E-state index contributed by atoms with van der Waals surface area (Å²) in [6, 6.07) is 3.51. The first-order chi connectivity index (χ1) is 8.28. The molecule has 1 amide bonds. The molecule has 2 aromatic heterocycles. The summed E-state index contributed by atoms with van der Waals surface area (Å²) in [5.41, 5.74) is 2.37. The van der Waals surface area contributed by atoms with Gasteiger partial charge in [0.1, 0.15) is 5.51 Å². The molecule has 88 valence electrons. The number of ether oxygens (including phenoxy) is 1. The quantitative estimate of drug-likeness (QED) is 0.880. The molecule has 2 aromatic rings. The minimum absolute atomic E-state index is 0.145. The first-order valence-corrected chi connectivity index (χ1v) is 5.71. The molecule has 6 nitrogen and oxygen atoms in total. The van der Waals surface area contributed by atoms with Crippen LogP contribution in [-0.4, -0.2) is 28.2 Å². The molecule has 0 radical (unpaired) electrons. The number of hydrogen-bond acceptors (Lipinski definition) is 6. The molecule has 2 heterocycles. The summed E-state index contributed by atoms with van der Waals surface area (Å²) in [7, 11) is 1.55. The zero-order chi connectivity index (χ0) is 12.1. The second kappa shape index (κ2) is 5.35. The Kier molecular flexibility index (Phi) is 3.61. The first kappa shape index (κ1) is 11.5. The molecule has 2 rings (SSSR count). The van der Waals surface area contributed by atoms with E-state index in [-0.39, 0.29) is 12.3 Å². The van der Waals surface area contributed by atoms with E-state index in [1.165, 1.54) is 11.3 Å². The molecular formula is C10H10N4O2S. The van der Waals surface area contributed by atoms with Crippen LogP contribution < -0.4 is 10.1 Å². The second-order valence-corrected chi connectivity index (χ2v) is 4.01. The molecule has 0 unspecified atom stereocenters. The maximum Gasteiger partial charge on any atom is 0.230 e. The van der Waals surface area contributed by atoms with Crippen molar-refractivity contribution in [1.82, 2.24) is 15.2 Å². The van der Waals surface area contributed by atoms with Gasteiger partial charge in [-0.25, -0.2) is 4.98 Å². The zero-order valence-electron chi connectivity index (χ0n) is 9.08. The molecule has 7 heteroatoms. The number of hydrogen-bond donors (Lipinski definition) is 1. The molecule has 0 aliphatic heterocycles. The number of rotatable bonds is 4. The summed E-state index contributed by atoms with van der Waals surface area (Å²) in [6.45, 7) is 0. The van der Waals surface area contributed by atoms with Crippen molar-refractivity contribution in [2.45, 2.75) is 6.42 Å². The minimum Gasteiger partial charge on any atom is -0.481 e. The Morgan fingerprint density at radius 3 is 3.00 bits per heavy atom. The predicted molar refractivity (Wildman–Crippen MR) is 63.0 cm³/mol. The van der Waals surface area contributed by atoms with Gasteiger partial charge in [-0.15, -0.1) is 10.2 Å². The van der Waals surface area contributed by atoms with Gasteiger partial charge in [-0.1, -0.05) is 17.4 Å². The number of nitrogens with zero attached hydrogens (tertiary/aromatic N) is 3. The topological polar surface area (TPSA) is 77.0 Å². The van der Waals surface area contributed by atoms with E-state index >= 15 is 0 Å². The SMILES string of the molecule is COc1ccc(CC(=O)Nc2nncs2)cn1. The van der Waals surface area contributed by atoms with E-state index in [4.69, 9.17) is 4.74 Å². The highest BCUT2D eigenvalue weighted by Crippen LogP contribution is 2.10. The largest absolute Gasteiger partial charge is 0.481 e. The van der Waals surface area contributed by atoms with Crippen molar-refractivity contribution < 1.29 is 9.53 Å². The Bertz CT molecular complexity index is 484. The molecule has 1 N–H and O–H groups in total. The van der Waals surface area contributed by atoms with Gasteiger partial charge in [0.25, 0.3) is 0 Å². The van der Waals surface area contributed by atoms with E-state index in [1.807, 2.05) is 0 Å². The highest BCUT2D eigenvalue weighted by atomic mass is 32.1. The van der Waals surface area contributed by atoms with Crippen LogP contribution in [0.4, 0.5) is 5.13 Å². The van der Waals surface area contributed by atoms with Crippen LogP contribution in [0, 0.1) is 0 Å². The first-order valence-electron chi connectivity index (χ1n) is 4.83. The lowest BCUT2D eigenvalue weighted by atomic mass is 10.2. The Labute approximate surface area is 102 Å². The molecule has 0 saturated carbocycles. The van der Waals surface area contributed by atoms with Crippen LogP contribution >= 0.6 is 11.3 Å². The highest BCUT2D eigenvalue weighted by molar-refractivity contribution is 7.13. The van der Waals surface area contributed by atoms with Crippen LogP contribution in [0.5, 0.6) is 5.88 Å². The van der Waals surface area contributed by atoms with Crippen molar-refractivity contribution in [2.75, 3.05) is 12.4 Å². The fourth-order valence-corrected chi connectivity index (χ4v) is 1.67. The summed E-state index contributed by atoms with van der Waals surface area (Å²) < 4.78 is 4.93. The van der Waals surface area contributed by atoms with Gasteiger partial charge >= 0.3 is 0 Å². The average molecular weight is 250 g/mol. The van der Waals surface area contributed by atoms with Gasteiger partial charge in [0, 0.05) is 12.3 Å². The van der Waals surface area contributed by atoms with E-state index in [1.54, 1.807) is 30.9 Å². The van der Waals surface area contributed by atoms with Crippen LogP contribution in [0.3, 0.4) is 0 Å². The lowest BCUT2D eigenvalue weighted by molar-refractivity contribution is -0.115. The van der Waals surface area contributed by atoms with E-state index in [9.17, 15) is 4.79 Å². The third-order valence-electron chi connectivity index (χ3n) is 1.98. The molecule has 0 atom stereocenters. The number of anilines is 1. The molecule has 0 aromatic carbocycles. The second-order valence-electron chi connectivity index (χ2n) is 3.18. The van der Waals surface area contributed by atoms with E-state index in [0.29, 0.717) is 11.0 Å². The Hall–Kier alpha value is -2.02. The molecule has 0 aliphatic rings. The zero-order valence-corrected chi connectivity index (χ0v) is 9.90. The van der Waals surface area contributed by atoms with Crippen LogP contribution in [0.15, 0.2) is 23.8 Å². The lowest BCUT2D eigenvalue weighted by Gasteiger charge is -2.02. The van der Waals surface area contributed by atoms with Crippen molar-refractivity contribution >= 4 is 22.4 Å². The van der Waals surface area contributed by atoms with E-state index < -0.39 is 0 Å². The van der Waals surface area contributed by atoms with Crippen LogP contribution in [0.25, 0.3) is 0 Å². The standard InChI is InChI=1S/C10H10N4O2S/c1-16-9-3-2-7(5-11-9)4-8(15)13-10-14-12-6-17-10/h2-3,5-6H,4H2,1H3,(H,13,14,15). The number of nitrogens with one attached hydrogen (secondary N) is 1.